The topological polar surface area (TPSA) is 48.3 Å². The molecule has 0 unspecified atom stereocenters. The number of methoxy groups -OCH3 is 1. The highest BCUT2D eigenvalue weighted by atomic mass is 16.5. The maximum atomic E-state index is 5.61. The first-order valence-electron chi connectivity index (χ1n) is 7.20. The first kappa shape index (κ1) is 15.4. The van der Waals surface area contributed by atoms with Crippen LogP contribution in [-0.4, -0.2) is 30.1 Å². The van der Waals surface area contributed by atoms with Crippen molar-refractivity contribution in [3.63, 3.8) is 0 Å². The summed E-state index contributed by atoms with van der Waals surface area (Å²) >= 11 is 0. The number of nitrogens with zero attached hydrogens (tertiary/aromatic N) is 2. The Labute approximate surface area is 125 Å². The van der Waals surface area contributed by atoms with E-state index in [2.05, 4.69) is 23.5 Å². The van der Waals surface area contributed by atoms with Gasteiger partial charge in [-0.1, -0.05) is 13.0 Å². The average Bonchev–Trinajstić information content (AvgIpc) is 2.86. The molecule has 0 saturated heterocycles. The maximum Gasteiger partial charge on any atom is 0.121 e. The molecule has 5 nitrogen and oxygen atoms in total. The third kappa shape index (κ3) is 4.49. The van der Waals surface area contributed by atoms with Crippen LogP contribution in [0.4, 0.5) is 5.69 Å². The smallest absolute Gasteiger partial charge is 0.121 e. The zero-order valence-corrected chi connectivity index (χ0v) is 12.9. The predicted molar refractivity (Wildman–Crippen MR) is 83.7 cm³/mol. The van der Waals surface area contributed by atoms with E-state index in [9.17, 15) is 0 Å². The number of benzene rings is 1. The first-order chi connectivity index (χ1) is 10.2. The fourth-order valence-corrected chi connectivity index (χ4v) is 2.16. The molecule has 0 atom stereocenters. The van der Waals surface area contributed by atoms with Gasteiger partial charge in [0.25, 0.3) is 0 Å². The van der Waals surface area contributed by atoms with E-state index in [1.165, 1.54) is 5.56 Å². The summed E-state index contributed by atoms with van der Waals surface area (Å²) in [5.74, 6) is 0.846. The predicted octanol–water partition coefficient (Wildman–Crippen LogP) is 2.62. The van der Waals surface area contributed by atoms with Gasteiger partial charge in [-0.05, 0) is 18.6 Å². The van der Waals surface area contributed by atoms with Crippen molar-refractivity contribution in [2.45, 2.75) is 19.9 Å². The van der Waals surface area contributed by atoms with Gasteiger partial charge < -0.3 is 14.8 Å². The molecule has 2 aromatic rings. The van der Waals surface area contributed by atoms with E-state index in [1.54, 1.807) is 7.11 Å². The molecule has 1 N–H and O–H groups in total. The van der Waals surface area contributed by atoms with E-state index in [-0.39, 0.29) is 0 Å². The molecule has 0 bridgehead atoms. The van der Waals surface area contributed by atoms with Crippen LogP contribution >= 0.6 is 0 Å². The molecule has 0 aliphatic carbocycles. The molecule has 0 aliphatic heterocycles. The monoisotopic (exact) mass is 289 g/mol. The Balaban J connectivity index is 1.94. The highest BCUT2D eigenvalue weighted by molar-refractivity contribution is 5.48. The molecule has 0 saturated carbocycles. The van der Waals surface area contributed by atoms with Crippen LogP contribution in [0.1, 0.15) is 18.2 Å². The van der Waals surface area contributed by atoms with Gasteiger partial charge in [-0.15, -0.1) is 0 Å². The Morgan fingerprint density at radius 2 is 2.14 bits per heavy atom. The summed E-state index contributed by atoms with van der Waals surface area (Å²) in [5, 5.41) is 7.86. The second kappa shape index (κ2) is 7.69. The molecule has 0 amide bonds. The number of hydrogen-bond acceptors (Lipinski definition) is 4. The molecule has 2 rings (SSSR count). The summed E-state index contributed by atoms with van der Waals surface area (Å²) in [6.45, 7) is 4.03. The van der Waals surface area contributed by atoms with Crippen LogP contribution in [0, 0.1) is 0 Å². The van der Waals surface area contributed by atoms with E-state index < -0.39 is 0 Å². The number of hydrogen-bond donors (Lipinski definition) is 1. The first-order valence-corrected chi connectivity index (χ1v) is 7.20. The Kier molecular flexibility index (Phi) is 5.63. The summed E-state index contributed by atoms with van der Waals surface area (Å²) < 4.78 is 12.4. The number of aromatic nitrogens is 2. The van der Waals surface area contributed by atoms with Crippen molar-refractivity contribution in [1.29, 1.82) is 0 Å². The van der Waals surface area contributed by atoms with Crippen molar-refractivity contribution in [2.75, 3.05) is 25.6 Å². The minimum Gasteiger partial charge on any atom is -0.491 e. The molecule has 0 radical (unpaired) electrons. The minimum absolute atomic E-state index is 0.558. The van der Waals surface area contributed by atoms with Crippen LogP contribution in [0.15, 0.2) is 30.5 Å². The summed E-state index contributed by atoms with van der Waals surface area (Å²) in [7, 11) is 3.62. The van der Waals surface area contributed by atoms with Gasteiger partial charge in [0.05, 0.1) is 12.3 Å². The molecule has 0 fully saturated rings. The number of anilines is 1. The van der Waals surface area contributed by atoms with Crippen LogP contribution in [0.5, 0.6) is 5.75 Å². The van der Waals surface area contributed by atoms with Crippen LogP contribution in [-0.2, 0) is 24.8 Å². The molecule has 1 aromatic heterocycles. The molecule has 21 heavy (non-hydrogen) atoms. The Morgan fingerprint density at radius 3 is 2.90 bits per heavy atom. The molecule has 0 spiro atoms. The van der Waals surface area contributed by atoms with Crippen LogP contribution in [0.25, 0.3) is 0 Å². The summed E-state index contributed by atoms with van der Waals surface area (Å²) in [4.78, 5) is 0. The minimum atomic E-state index is 0.558. The lowest BCUT2D eigenvalue weighted by Crippen LogP contribution is -2.05. The number of rotatable bonds is 8. The third-order valence-corrected chi connectivity index (χ3v) is 3.20. The third-order valence-electron chi connectivity index (χ3n) is 3.20. The summed E-state index contributed by atoms with van der Waals surface area (Å²) in [5.41, 5.74) is 3.40. The van der Waals surface area contributed by atoms with Crippen LogP contribution < -0.4 is 10.1 Å². The van der Waals surface area contributed by atoms with Crippen molar-refractivity contribution in [2.24, 2.45) is 7.05 Å². The normalized spacial score (nSPS) is 10.6. The largest absolute Gasteiger partial charge is 0.491 e. The van der Waals surface area contributed by atoms with Crippen molar-refractivity contribution in [3.05, 3.63) is 41.7 Å². The number of ether oxygens (including phenoxy) is 2. The second-order valence-electron chi connectivity index (χ2n) is 4.85. The van der Waals surface area contributed by atoms with Gasteiger partial charge >= 0.3 is 0 Å². The highest BCUT2D eigenvalue weighted by Gasteiger charge is 2.05. The molecule has 1 aromatic carbocycles. The van der Waals surface area contributed by atoms with Crippen molar-refractivity contribution < 1.29 is 9.47 Å². The van der Waals surface area contributed by atoms with Crippen LogP contribution in [0.2, 0.25) is 0 Å². The summed E-state index contributed by atoms with van der Waals surface area (Å²) in [6, 6.07) is 7.96. The number of nitrogens with one attached hydrogen (secondary N) is 1. The van der Waals surface area contributed by atoms with Gasteiger partial charge in [0.15, 0.2) is 0 Å². The van der Waals surface area contributed by atoms with Gasteiger partial charge in [-0.25, -0.2) is 0 Å². The molecule has 1 heterocycles. The van der Waals surface area contributed by atoms with Gasteiger partial charge in [-0.2, -0.15) is 5.10 Å². The standard InChI is InChI=1S/C16H23N3O2/c1-4-16-13(12-19(2)18-16)11-17-14-6-5-7-15(10-14)21-9-8-20-3/h5-7,10,12,17H,4,8-9,11H2,1-3H3. The quantitative estimate of drug-likeness (QED) is 0.759. The Bertz CT molecular complexity index is 566. The zero-order valence-electron chi connectivity index (χ0n) is 12.9. The fourth-order valence-electron chi connectivity index (χ4n) is 2.16. The van der Waals surface area contributed by atoms with E-state index in [0.717, 1.165) is 30.1 Å². The second-order valence-corrected chi connectivity index (χ2v) is 4.85. The maximum absolute atomic E-state index is 5.61. The Hall–Kier alpha value is -2.01. The molecular weight excluding hydrogens is 266 g/mol. The molecular formula is C16H23N3O2. The number of aryl methyl sites for hydroxylation is 2. The van der Waals surface area contributed by atoms with Gasteiger partial charge in [0.2, 0.25) is 0 Å². The summed E-state index contributed by atoms with van der Waals surface area (Å²) in [6.07, 6.45) is 3.00. The van der Waals surface area contributed by atoms with E-state index >= 15 is 0 Å². The van der Waals surface area contributed by atoms with Crippen molar-refractivity contribution in [1.82, 2.24) is 9.78 Å². The zero-order chi connectivity index (χ0) is 15.1. The van der Waals surface area contributed by atoms with Crippen LogP contribution in [0.3, 0.4) is 0 Å². The lowest BCUT2D eigenvalue weighted by atomic mass is 10.2. The van der Waals surface area contributed by atoms with Crippen molar-refractivity contribution >= 4 is 5.69 Å². The van der Waals surface area contributed by atoms with Gasteiger partial charge in [-0.3, -0.25) is 4.68 Å². The van der Waals surface area contributed by atoms with E-state index in [4.69, 9.17) is 9.47 Å². The fraction of sp³-hybridized carbons (Fsp3) is 0.438. The lowest BCUT2D eigenvalue weighted by molar-refractivity contribution is 0.146. The van der Waals surface area contributed by atoms with E-state index in [0.29, 0.717) is 13.2 Å². The SMILES string of the molecule is CCc1nn(C)cc1CNc1cccc(OCCOC)c1. The average molecular weight is 289 g/mol. The van der Waals surface area contributed by atoms with Crippen molar-refractivity contribution in [3.8, 4) is 5.75 Å². The molecule has 5 heteroatoms. The molecule has 114 valence electrons. The molecule has 0 aliphatic rings. The van der Waals surface area contributed by atoms with E-state index in [1.807, 2.05) is 36.0 Å². The van der Waals surface area contributed by atoms with Gasteiger partial charge in [0.1, 0.15) is 12.4 Å². The highest BCUT2D eigenvalue weighted by Crippen LogP contribution is 2.18. The Morgan fingerprint density at radius 1 is 1.29 bits per heavy atom. The van der Waals surface area contributed by atoms with Gasteiger partial charge in [0, 0.05) is 44.2 Å². The lowest BCUT2D eigenvalue weighted by Gasteiger charge is -2.09.